The lowest BCUT2D eigenvalue weighted by molar-refractivity contribution is -0.148. The molecule has 1 unspecified atom stereocenters. The summed E-state index contributed by atoms with van der Waals surface area (Å²) >= 11 is 0. The Kier molecular flexibility index (Phi) is 4.12. The standard InChI is InChI=1S/C20H19NO5/c22-17-11-26-18-15(5-2-6-16(18)21-17)14-4-1-3-13(9-14)10-20(19(23)24)7-8-25-12-20/h1-6,9H,7-8,10-12H2,(H,21,22)(H,23,24). The van der Waals surface area contributed by atoms with E-state index in [1.807, 2.05) is 36.4 Å². The highest BCUT2D eigenvalue weighted by Gasteiger charge is 2.42. The van der Waals surface area contributed by atoms with Crippen LogP contribution < -0.4 is 10.1 Å². The highest BCUT2D eigenvalue weighted by molar-refractivity contribution is 5.97. The van der Waals surface area contributed by atoms with E-state index < -0.39 is 11.4 Å². The van der Waals surface area contributed by atoms with Gasteiger partial charge in [-0.1, -0.05) is 36.4 Å². The molecule has 0 saturated carbocycles. The van der Waals surface area contributed by atoms with Crippen LogP contribution in [0.25, 0.3) is 11.1 Å². The molecule has 2 aliphatic heterocycles. The van der Waals surface area contributed by atoms with Gasteiger partial charge in [0.15, 0.2) is 12.4 Å². The Morgan fingerprint density at radius 2 is 2.08 bits per heavy atom. The lowest BCUT2D eigenvalue weighted by atomic mass is 9.80. The quantitative estimate of drug-likeness (QED) is 0.883. The van der Waals surface area contributed by atoms with Gasteiger partial charge in [0, 0.05) is 12.2 Å². The first kappa shape index (κ1) is 16.6. The summed E-state index contributed by atoms with van der Waals surface area (Å²) in [6, 6.07) is 13.4. The van der Waals surface area contributed by atoms with Crippen LogP contribution in [0.5, 0.6) is 5.75 Å². The van der Waals surface area contributed by atoms with E-state index in [2.05, 4.69) is 5.32 Å². The van der Waals surface area contributed by atoms with Crippen LogP contribution in [0.15, 0.2) is 42.5 Å². The second-order valence-electron chi connectivity index (χ2n) is 6.78. The fourth-order valence-corrected chi connectivity index (χ4v) is 3.57. The summed E-state index contributed by atoms with van der Waals surface area (Å²) in [5.74, 6) is -0.349. The van der Waals surface area contributed by atoms with E-state index in [1.165, 1.54) is 0 Å². The summed E-state index contributed by atoms with van der Waals surface area (Å²) < 4.78 is 11.0. The molecule has 1 atom stereocenters. The van der Waals surface area contributed by atoms with Gasteiger partial charge in [-0.3, -0.25) is 9.59 Å². The van der Waals surface area contributed by atoms with Gasteiger partial charge in [0.2, 0.25) is 0 Å². The second kappa shape index (κ2) is 6.46. The topological polar surface area (TPSA) is 84.9 Å². The zero-order valence-electron chi connectivity index (χ0n) is 14.2. The number of hydrogen-bond donors (Lipinski definition) is 2. The molecule has 4 rings (SSSR count). The van der Waals surface area contributed by atoms with Crippen molar-refractivity contribution in [3.8, 4) is 16.9 Å². The number of hydrogen-bond acceptors (Lipinski definition) is 4. The van der Waals surface area contributed by atoms with Crippen molar-refractivity contribution in [1.82, 2.24) is 0 Å². The van der Waals surface area contributed by atoms with Crippen molar-refractivity contribution < 1.29 is 24.2 Å². The lowest BCUT2D eigenvalue weighted by Gasteiger charge is -2.23. The van der Waals surface area contributed by atoms with Crippen LogP contribution in [-0.4, -0.2) is 36.8 Å². The van der Waals surface area contributed by atoms with Crippen molar-refractivity contribution in [3.63, 3.8) is 0 Å². The molecule has 0 aliphatic carbocycles. The zero-order valence-corrected chi connectivity index (χ0v) is 14.2. The summed E-state index contributed by atoms with van der Waals surface area (Å²) in [6.45, 7) is 0.706. The fourth-order valence-electron chi connectivity index (χ4n) is 3.57. The summed E-state index contributed by atoms with van der Waals surface area (Å²) in [6.07, 6.45) is 0.936. The van der Waals surface area contributed by atoms with Gasteiger partial charge in [-0.05, 0) is 30.0 Å². The van der Waals surface area contributed by atoms with Gasteiger partial charge in [-0.25, -0.2) is 0 Å². The Hall–Kier alpha value is -2.86. The van der Waals surface area contributed by atoms with Crippen molar-refractivity contribution in [3.05, 3.63) is 48.0 Å². The van der Waals surface area contributed by atoms with Crippen LogP contribution in [0.3, 0.4) is 0 Å². The molecule has 1 saturated heterocycles. The van der Waals surface area contributed by atoms with E-state index in [0.717, 1.165) is 16.7 Å². The number of aliphatic carboxylic acids is 1. The Balaban J connectivity index is 1.68. The van der Waals surface area contributed by atoms with Crippen LogP contribution in [0, 0.1) is 5.41 Å². The van der Waals surface area contributed by atoms with Gasteiger partial charge >= 0.3 is 5.97 Å². The monoisotopic (exact) mass is 353 g/mol. The molecule has 26 heavy (non-hydrogen) atoms. The molecule has 6 nitrogen and oxygen atoms in total. The Bertz CT molecular complexity index is 870. The van der Waals surface area contributed by atoms with Gasteiger partial charge in [-0.15, -0.1) is 0 Å². The molecule has 2 heterocycles. The summed E-state index contributed by atoms with van der Waals surface area (Å²) in [5.41, 5.74) is 2.52. The number of carboxylic acids is 1. The molecule has 2 aliphatic rings. The van der Waals surface area contributed by atoms with E-state index in [9.17, 15) is 14.7 Å². The fraction of sp³-hybridized carbons (Fsp3) is 0.300. The minimum absolute atomic E-state index is 0.0107. The zero-order chi connectivity index (χ0) is 18.1. The number of anilines is 1. The molecule has 1 fully saturated rings. The van der Waals surface area contributed by atoms with Crippen LogP contribution in [0.4, 0.5) is 5.69 Å². The number of carboxylic acid groups (broad SMARTS) is 1. The number of para-hydroxylation sites is 1. The number of fused-ring (bicyclic) bond motifs is 1. The minimum Gasteiger partial charge on any atom is -0.481 e. The molecule has 0 bridgehead atoms. The second-order valence-corrected chi connectivity index (χ2v) is 6.78. The number of ether oxygens (including phenoxy) is 2. The molecule has 1 amide bonds. The average molecular weight is 353 g/mol. The molecule has 2 aromatic rings. The van der Waals surface area contributed by atoms with Gasteiger partial charge in [0.05, 0.1) is 17.7 Å². The van der Waals surface area contributed by atoms with E-state index in [0.29, 0.717) is 30.9 Å². The molecule has 0 aromatic heterocycles. The molecule has 2 aromatic carbocycles. The van der Waals surface area contributed by atoms with Crippen LogP contribution in [0.2, 0.25) is 0 Å². The molecule has 134 valence electrons. The molecule has 6 heteroatoms. The van der Waals surface area contributed by atoms with Gasteiger partial charge in [-0.2, -0.15) is 0 Å². The van der Waals surface area contributed by atoms with E-state index in [1.54, 1.807) is 6.07 Å². The number of rotatable bonds is 4. The van der Waals surface area contributed by atoms with Gasteiger partial charge in [0.25, 0.3) is 5.91 Å². The molecular formula is C20H19NO5. The third-order valence-corrected chi connectivity index (χ3v) is 4.97. The van der Waals surface area contributed by atoms with E-state index in [4.69, 9.17) is 9.47 Å². The molecular weight excluding hydrogens is 334 g/mol. The van der Waals surface area contributed by atoms with Crippen molar-refractivity contribution in [2.24, 2.45) is 5.41 Å². The smallest absolute Gasteiger partial charge is 0.312 e. The first-order chi connectivity index (χ1) is 12.6. The van der Waals surface area contributed by atoms with Gasteiger partial charge < -0.3 is 19.9 Å². The predicted molar refractivity (Wildman–Crippen MR) is 95.2 cm³/mol. The van der Waals surface area contributed by atoms with Crippen molar-refractivity contribution in [2.75, 3.05) is 25.1 Å². The maximum Gasteiger partial charge on any atom is 0.312 e. The molecule has 2 N–H and O–H groups in total. The van der Waals surface area contributed by atoms with E-state index in [-0.39, 0.29) is 19.1 Å². The average Bonchev–Trinajstić information content (AvgIpc) is 3.11. The Morgan fingerprint density at radius 3 is 2.85 bits per heavy atom. The van der Waals surface area contributed by atoms with Crippen molar-refractivity contribution >= 4 is 17.6 Å². The highest BCUT2D eigenvalue weighted by atomic mass is 16.5. The van der Waals surface area contributed by atoms with Crippen LogP contribution in [-0.2, 0) is 20.7 Å². The Morgan fingerprint density at radius 1 is 1.23 bits per heavy atom. The van der Waals surface area contributed by atoms with Crippen molar-refractivity contribution in [2.45, 2.75) is 12.8 Å². The number of carbonyl (C=O) groups excluding carboxylic acids is 1. The largest absolute Gasteiger partial charge is 0.481 e. The van der Waals surface area contributed by atoms with Crippen LogP contribution >= 0.6 is 0 Å². The number of amides is 1. The summed E-state index contributed by atoms with van der Waals surface area (Å²) in [4.78, 5) is 23.3. The normalized spacial score (nSPS) is 21.6. The summed E-state index contributed by atoms with van der Waals surface area (Å²) in [7, 11) is 0. The number of benzene rings is 2. The van der Waals surface area contributed by atoms with Gasteiger partial charge in [0.1, 0.15) is 0 Å². The van der Waals surface area contributed by atoms with E-state index >= 15 is 0 Å². The SMILES string of the molecule is O=C1COc2c(cccc2-c2cccc(CC3(C(=O)O)CCOC3)c2)N1. The maximum atomic E-state index is 11.8. The van der Waals surface area contributed by atoms with Crippen molar-refractivity contribution in [1.29, 1.82) is 0 Å². The molecule has 0 radical (unpaired) electrons. The third kappa shape index (κ3) is 2.93. The third-order valence-electron chi connectivity index (χ3n) is 4.97. The first-order valence-corrected chi connectivity index (χ1v) is 8.54. The maximum absolute atomic E-state index is 11.8. The van der Waals surface area contributed by atoms with Crippen LogP contribution in [0.1, 0.15) is 12.0 Å². The Labute approximate surface area is 150 Å². The predicted octanol–water partition coefficient (Wildman–Crippen LogP) is 2.72. The summed E-state index contributed by atoms with van der Waals surface area (Å²) in [5, 5.41) is 12.5. The highest BCUT2D eigenvalue weighted by Crippen LogP contribution is 2.39. The minimum atomic E-state index is -0.862. The first-order valence-electron chi connectivity index (χ1n) is 8.54. The molecule has 0 spiro atoms. The lowest BCUT2D eigenvalue weighted by Crippen LogP contribution is -2.33. The number of carbonyl (C=O) groups is 2. The number of nitrogens with one attached hydrogen (secondary N) is 1.